The van der Waals surface area contributed by atoms with Crippen LogP contribution in [0.25, 0.3) is 4.96 Å². The number of rotatable bonds is 5. The number of aliphatic hydroxyl groups excluding tert-OH is 1. The van der Waals surface area contributed by atoms with Crippen LogP contribution in [0.15, 0.2) is 11.6 Å². The third-order valence-corrected chi connectivity index (χ3v) is 3.78. The Morgan fingerprint density at radius 3 is 2.80 bits per heavy atom. The Morgan fingerprint density at radius 2 is 2.20 bits per heavy atom. The second kappa shape index (κ2) is 5.71. The molecular formula is C14H24N4OS. The second-order valence-electron chi connectivity index (χ2n) is 6.27. The second-order valence-corrected chi connectivity index (χ2v) is 7.14. The number of imidazole rings is 1. The molecule has 0 saturated heterocycles. The van der Waals surface area contributed by atoms with Crippen LogP contribution in [0.5, 0.6) is 0 Å². The van der Waals surface area contributed by atoms with Gasteiger partial charge in [0, 0.05) is 37.3 Å². The zero-order chi connectivity index (χ0) is 14.9. The predicted molar refractivity (Wildman–Crippen MR) is 84.6 cm³/mol. The first-order valence-electron chi connectivity index (χ1n) is 6.86. The standard InChI is InChI=1S/C14H24N4OS/c1-10(19)9-17(5)12-11(8-15-14(2,3)4)18-6-7-20-13(18)16-12/h6-7,10,15,19H,8-9H2,1-5H3. The largest absolute Gasteiger partial charge is 0.392 e. The Labute approximate surface area is 124 Å². The molecule has 0 aromatic carbocycles. The van der Waals surface area contributed by atoms with E-state index >= 15 is 0 Å². The molecule has 0 aliphatic rings. The minimum absolute atomic E-state index is 0.0558. The lowest BCUT2D eigenvalue weighted by molar-refractivity contribution is 0.201. The molecule has 2 aromatic heterocycles. The van der Waals surface area contributed by atoms with E-state index in [-0.39, 0.29) is 11.6 Å². The van der Waals surface area contributed by atoms with E-state index in [1.165, 1.54) is 0 Å². The number of nitrogens with one attached hydrogen (secondary N) is 1. The van der Waals surface area contributed by atoms with Gasteiger partial charge in [0.15, 0.2) is 10.8 Å². The predicted octanol–water partition coefficient (Wildman–Crippen LogP) is 2.10. The van der Waals surface area contributed by atoms with Crippen molar-refractivity contribution in [2.24, 2.45) is 0 Å². The van der Waals surface area contributed by atoms with Gasteiger partial charge in [-0.2, -0.15) is 0 Å². The average molecular weight is 296 g/mol. The summed E-state index contributed by atoms with van der Waals surface area (Å²) >= 11 is 1.63. The van der Waals surface area contributed by atoms with Gasteiger partial charge in [-0.05, 0) is 27.7 Å². The monoisotopic (exact) mass is 296 g/mol. The number of aliphatic hydroxyl groups is 1. The van der Waals surface area contributed by atoms with Gasteiger partial charge in [-0.25, -0.2) is 4.98 Å². The number of nitrogens with zero attached hydrogens (tertiary/aromatic N) is 3. The summed E-state index contributed by atoms with van der Waals surface area (Å²) < 4.78 is 2.12. The molecule has 2 rings (SSSR count). The normalized spacial score (nSPS) is 13.9. The molecule has 1 unspecified atom stereocenters. The molecule has 6 heteroatoms. The smallest absolute Gasteiger partial charge is 0.195 e. The van der Waals surface area contributed by atoms with Crippen molar-refractivity contribution in [1.82, 2.24) is 14.7 Å². The lowest BCUT2D eigenvalue weighted by atomic mass is 10.1. The molecule has 0 aliphatic heterocycles. The molecule has 0 bridgehead atoms. The van der Waals surface area contributed by atoms with Crippen molar-refractivity contribution >= 4 is 22.1 Å². The first kappa shape index (κ1) is 15.3. The average Bonchev–Trinajstić information content (AvgIpc) is 2.83. The van der Waals surface area contributed by atoms with Gasteiger partial charge in [-0.3, -0.25) is 4.40 Å². The molecule has 2 aromatic rings. The Bertz CT molecular complexity index is 567. The Kier molecular flexibility index (Phi) is 4.36. The Hall–Kier alpha value is -1.11. The van der Waals surface area contributed by atoms with Crippen LogP contribution in [-0.2, 0) is 6.54 Å². The summed E-state index contributed by atoms with van der Waals surface area (Å²) in [6.45, 7) is 9.57. The highest BCUT2D eigenvalue weighted by Crippen LogP contribution is 2.24. The maximum Gasteiger partial charge on any atom is 0.195 e. The molecule has 0 fully saturated rings. The first-order chi connectivity index (χ1) is 9.28. The van der Waals surface area contributed by atoms with Crippen LogP contribution in [0.2, 0.25) is 0 Å². The summed E-state index contributed by atoms with van der Waals surface area (Å²) in [5.41, 5.74) is 1.19. The number of thiazole rings is 1. The zero-order valence-electron chi connectivity index (χ0n) is 12.8. The molecule has 20 heavy (non-hydrogen) atoms. The van der Waals surface area contributed by atoms with Crippen LogP contribution in [-0.4, -0.2) is 39.7 Å². The topological polar surface area (TPSA) is 52.8 Å². The van der Waals surface area contributed by atoms with Gasteiger partial charge in [0.2, 0.25) is 0 Å². The summed E-state index contributed by atoms with van der Waals surface area (Å²) in [5, 5.41) is 15.1. The number of aromatic nitrogens is 2. The van der Waals surface area contributed by atoms with Gasteiger partial charge in [0.05, 0.1) is 11.8 Å². The number of fused-ring (bicyclic) bond motifs is 1. The third-order valence-electron chi connectivity index (χ3n) is 3.03. The van der Waals surface area contributed by atoms with Gasteiger partial charge in [0.1, 0.15) is 0 Å². The Balaban J connectivity index is 2.30. The van der Waals surface area contributed by atoms with Crippen LogP contribution < -0.4 is 10.2 Å². The number of hydrogen-bond donors (Lipinski definition) is 2. The van der Waals surface area contributed by atoms with Crippen LogP contribution in [0.4, 0.5) is 5.82 Å². The third kappa shape index (κ3) is 3.50. The molecular weight excluding hydrogens is 272 g/mol. The van der Waals surface area contributed by atoms with Crippen molar-refractivity contribution < 1.29 is 5.11 Å². The minimum Gasteiger partial charge on any atom is -0.392 e. The van der Waals surface area contributed by atoms with E-state index in [9.17, 15) is 5.11 Å². The quantitative estimate of drug-likeness (QED) is 0.887. The lowest BCUT2D eigenvalue weighted by Gasteiger charge is -2.23. The molecule has 2 N–H and O–H groups in total. The van der Waals surface area contributed by atoms with Crippen molar-refractivity contribution in [3.8, 4) is 0 Å². The molecule has 0 aliphatic carbocycles. The van der Waals surface area contributed by atoms with Gasteiger partial charge in [0.25, 0.3) is 0 Å². The van der Waals surface area contributed by atoms with Crippen molar-refractivity contribution in [1.29, 1.82) is 0 Å². The van der Waals surface area contributed by atoms with E-state index in [1.54, 1.807) is 18.3 Å². The van der Waals surface area contributed by atoms with Gasteiger partial charge < -0.3 is 15.3 Å². The summed E-state index contributed by atoms with van der Waals surface area (Å²) in [4.78, 5) is 7.69. The zero-order valence-corrected chi connectivity index (χ0v) is 13.7. The van der Waals surface area contributed by atoms with Gasteiger partial charge in [-0.1, -0.05) is 0 Å². The Morgan fingerprint density at radius 1 is 1.50 bits per heavy atom. The van der Waals surface area contributed by atoms with E-state index in [2.05, 4.69) is 35.5 Å². The van der Waals surface area contributed by atoms with E-state index in [0.29, 0.717) is 6.54 Å². The fourth-order valence-electron chi connectivity index (χ4n) is 2.12. The lowest BCUT2D eigenvalue weighted by Crippen LogP contribution is -2.36. The van der Waals surface area contributed by atoms with E-state index < -0.39 is 0 Å². The number of hydrogen-bond acceptors (Lipinski definition) is 5. The van der Waals surface area contributed by atoms with Crippen LogP contribution in [0, 0.1) is 0 Å². The van der Waals surface area contributed by atoms with E-state index in [4.69, 9.17) is 0 Å². The van der Waals surface area contributed by atoms with Crippen molar-refractivity contribution in [2.45, 2.75) is 45.9 Å². The molecule has 2 heterocycles. The van der Waals surface area contributed by atoms with Crippen LogP contribution in [0.3, 0.4) is 0 Å². The first-order valence-corrected chi connectivity index (χ1v) is 7.74. The highest BCUT2D eigenvalue weighted by atomic mass is 32.1. The number of anilines is 1. The van der Waals surface area contributed by atoms with E-state index in [0.717, 1.165) is 23.0 Å². The molecule has 112 valence electrons. The van der Waals surface area contributed by atoms with Crippen molar-refractivity contribution in [3.05, 3.63) is 17.3 Å². The van der Waals surface area contributed by atoms with Gasteiger partial charge >= 0.3 is 0 Å². The maximum atomic E-state index is 9.57. The molecule has 0 spiro atoms. The SMILES string of the molecule is CC(O)CN(C)c1nc2sccn2c1CNC(C)(C)C. The minimum atomic E-state index is -0.372. The summed E-state index contributed by atoms with van der Waals surface area (Å²) in [5.74, 6) is 0.939. The molecule has 5 nitrogen and oxygen atoms in total. The van der Waals surface area contributed by atoms with Crippen molar-refractivity contribution in [2.75, 3.05) is 18.5 Å². The van der Waals surface area contributed by atoms with Crippen LogP contribution >= 0.6 is 11.3 Å². The highest BCUT2D eigenvalue weighted by molar-refractivity contribution is 7.15. The summed E-state index contributed by atoms with van der Waals surface area (Å²) in [6, 6.07) is 0. The molecule has 0 radical (unpaired) electrons. The number of likely N-dealkylation sites (N-methyl/N-ethyl adjacent to an activating group) is 1. The maximum absolute atomic E-state index is 9.57. The van der Waals surface area contributed by atoms with Crippen LogP contribution in [0.1, 0.15) is 33.4 Å². The van der Waals surface area contributed by atoms with Crippen molar-refractivity contribution in [3.63, 3.8) is 0 Å². The molecule has 0 amide bonds. The fourth-order valence-corrected chi connectivity index (χ4v) is 2.85. The highest BCUT2D eigenvalue weighted by Gasteiger charge is 2.19. The van der Waals surface area contributed by atoms with E-state index in [1.807, 2.05) is 23.5 Å². The summed E-state index contributed by atoms with van der Waals surface area (Å²) in [7, 11) is 1.97. The summed E-state index contributed by atoms with van der Waals surface area (Å²) in [6.07, 6.45) is 1.68. The fraction of sp³-hybridized carbons (Fsp3) is 0.643. The van der Waals surface area contributed by atoms with Gasteiger partial charge in [-0.15, -0.1) is 11.3 Å². The molecule has 0 saturated carbocycles. The molecule has 1 atom stereocenters.